The van der Waals surface area contributed by atoms with Crippen molar-refractivity contribution < 1.29 is 9.53 Å². The number of thioether (sulfide) groups is 1. The molecule has 0 atom stereocenters. The van der Waals surface area contributed by atoms with Crippen molar-refractivity contribution in [2.45, 2.75) is 31.1 Å². The minimum Gasteiger partial charge on any atom is -0.478 e. The van der Waals surface area contributed by atoms with Gasteiger partial charge in [-0.05, 0) is 50.2 Å². The normalized spacial score (nSPS) is 13.2. The van der Waals surface area contributed by atoms with Crippen molar-refractivity contribution >= 4 is 35.0 Å². The smallest absolute Gasteiger partial charge is 0.267 e. The van der Waals surface area contributed by atoms with Gasteiger partial charge in [0.2, 0.25) is 0 Å². The lowest BCUT2D eigenvalue weighted by molar-refractivity contribution is -0.128. The highest BCUT2D eigenvalue weighted by molar-refractivity contribution is 7.99. The van der Waals surface area contributed by atoms with Crippen LogP contribution in [0.3, 0.4) is 0 Å². The molecular formula is C21H20ClN3O2S. The Hall–Kier alpha value is -2.44. The van der Waals surface area contributed by atoms with Crippen molar-refractivity contribution in [3.05, 3.63) is 59.8 Å². The summed E-state index contributed by atoms with van der Waals surface area (Å²) < 4.78 is 8.02. The van der Waals surface area contributed by atoms with Gasteiger partial charge in [0.1, 0.15) is 5.75 Å². The molecule has 4 rings (SSSR count). The Balaban J connectivity index is 1.48. The second kappa shape index (κ2) is 7.53. The summed E-state index contributed by atoms with van der Waals surface area (Å²) in [5.41, 5.74) is 1.54. The maximum Gasteiger partial charge on any atom is 0.267 e. The van der Waals surface area contributed by atoms with E-state index in [-0.39, 0.29) is 5.91 Å². The number of benzene rings is 2. The van der Waals surface area contributed by atoms with Gasteiger partial charge < -0.3 is 14.6 Å². The zero-order chi connectivity index (χ0) is 19.7. The van der Waals surface area contributed by atoms with Gasteiger partial charge in [0.05, 0.1) is 5.69 Å². The van der Waals surface area contributed by atoms with Crippen molar-refractivity contribution in [3.63, 3.8) is 0 Å². The number of imidazole rings is 1. The molecule has 0 radical (unpaired) electrons. The first kappa shape index (κ1) is 18.9. The molecule has 5 nitrogen and oxygen atoms in total. The third-order valence-electron chi connectivity index (χ3n) is 4.45. The van der Waals surface area contributed by atoms with Crippen LogP contribution < -0.4 is 10.1 Å². The first-order chi connectivity index (χ1) is 13.4. The summed E-state index contributed by atoms with van der Waals surface area (Å²) in [4.78, 5) is 17.5. The fraction of sp³-hybridized carbons (Fsp3) is 0.238. The van der Waals surface area contributed by atoms with Gasteiger partial charge in [-0.15, -0.1) is 0 Å². The Labute approximate surface area is 173 Å². The van der Waals surface area contributed by atoms with E-state index in [2.05, 4.69) is 21.1 Å². The van der Waals surface area contributed by atoms with Crippen LogP contribution in [0.15, 0.2) is 59.9 Å². The Morgan fingerprint density at radius 3 is 2.79 bits per heavy atom. The van der Waals surface area contributed by atoms with E-state index in [1.54, 1.807) is 49.9 Å². The van der Waals surface area contributed by atoms with E-state index in [0.29, 0.717) is 16.5 Å². The van der Waals surface area contributed by atoms with Crippen LogP contribution in [0, 0.1) is 0 Å². The summed E-state index contributed by atoms with van der Waals surface area (Å²) in [5, 5.41) is 4.61. The molecule has 2 heterocycles. The van der Waals surface area contributed by atoms with E-state index in [1.165, 1.54) is 0 Å². The van der Waals surface area contributed by atoms with Crippen LogP contribution in [0.5, 0.6) is 5.75 Å². The van der Waals surface area contributed by atoms with E-state index in [9.17, 15) is 4.79 Å². The molecule has 1 N–H and O–H groups in total. The number of carbonyl (C=O) groups excluding carboxylic acids is 1. The number of nitrogens with zero attached hydrogens (tertiary/aromatic N) is 2. The molecule has 1 aromatic heterocycles. The Morgan fingerprint density at radius 1 is 1.25 bits per heavy atom. The van der Waals surface area contributed by atoms with Crippen LogP contribution in [0.25, 0.3) is 11.3 Å². The number of aryl methyl sites for hydroxylation is 1. The third kappa shape index (κ3) is 4.03. The van der Waals surface area contributed by atoms with Crippen molar-refractivity contribution in [3.8, 4) is 17.0 Å². The number of halogens is 1. The number of hydrogen-bond donors (Lipinski definition) is 1. The van der Waals surface area contributed by atoms with E-state index >= 15 is 0 Å². The SMILES string of the molecule is CC(C)(Oc1ccc(Cl)cc1)C(=O)Nc1cccc(-c2cn3c(n2)SCC3)c1. The van der Waals surface area contributed by atoms with Gasteiger partial charge >= 0.3 is 0 Å². The van der Waals surface area contributed by atoms with Crippen LogP contribution in [0.1, 0.15) is 13.8 Å². The number of hydrogen-bond acceptors (Lipinski definition) is 4. The number of ether oxygens (including phenoxy) is 1. The largest absolute Gasteiger partial charge is 0.478 e. The molecule has 2 aromatic carbocycles. The topological polar surface area (TPSA) is 56.1 Å². The van der Waals surface area contributed by atoms with E-state index in [0.717, 1.165) is 28.7 Å². The number of carbonyl (C=O) groups is 1. The molecule has 0 fully saturated rings. The lowest BCUT2D eigenvalue weighted by Crippen LogP contribution is -2.42. The van der Waals surface area contributed by atoms with Crippen LogP contribution in [0.4, 0.5) is 5.69 Å². The van der Waals surface area contributed by atoms with Crippen LogP contribution in [-0.2, 0) is 11.3 Å². The van der Waals surface area contributed by atoms with Gasteiger partial charge in [-0.2, -0.15) is 0 Å². The summed E-state index contributed by atoms with van der Waals surface area (Å²) in [6.07, 6.45) is 2.06. The third-order valence-corrected chi connectivity index (χ3v) is 5.68. The number of fused-ring (bicyclic) bond motifs is 1. The van der Waals surface area contributed by atoms with Crippen LogP contribution in [0.2, 0.25) is 5.02 Å². The number of amides is 1. The van der Waals surface area contributed by atoms with Crippen molar-refractivity contribution in [1.29, 1.82) is 0 Å². The molecule has 1 aliphatic heterocycles. The summed E-state index contributed by atoms with van der Waals surface area (Å²) >= 11 is 7.66. The van der Waals surface area contributed by atoms with E-state index < -0.39 is 5.60 Å². The highest BCUT2D eigenvalue weighted by Gasteiger charge is 2.30. The monoisotopic (exact) mass is 413 g/mol. The predicted molar refractivity (Wildman–Crippen MR) is 113 cm³/mol. The van der Waals surface area contributed by atoms with Gasteiger partial charge in [0, 0.05) is 34.8 Å². The van der Waals surface area contributed by atoms with Gasteiger partial charge in [-0.1, -0.05) is 35.5 Å². The maximum absolute atomic E-state index is 12.8. The minimum atomic E-state index is -1.05. The molecule has 144 valence electrons. The fourth-order valence-electron chi connectivity index (χ4n) is 2.93. The molecule has 0 unspecified atom stereocenters. The number of rotatable bonds is 5. The van der Waals surface area contributed by atoms with Gasteiger partial charge in [0.15, 0.2) is 10.8 Å². The number of anilines is 1. The first-order valence-electron chi connectivity index (χ1n) is 8.97. The highest BCUT2D eigenvalue weighted by Crippen LogP contribution is 2.30. The van der Waals surface area contributed by atoms with Gasteiger partial charge in [-0.3, -0.25) is 4.79 Å². The van der Waals surface area contributed by atoms with Gasteiger partial charge in [0.25, 0.3) is 5.91 Å². The predicted octanol–water partition coefficient (Wildman–Crippen LogP) is 5.11. The minimum absolute atomic E-state index is 0.234. The zero-order valence-corrected chi connectivity index (χ0v) is 17.2. The Morgan fingerprint density at radius 2 is 2.04 bits per heavy atom. The molecule has 0 aliphatic carbocycles. The maximum atomic E-state index is 12.8. The second-order valence-corrected chi connectivity index (χ2v) is 8.55. The van der Waals surface area contributed by atoms with Crippen LogP contribution >= 0.6 is 23.4 Å². The first-order valence-corrected chi connectivity index (χ1v) is 10.3. The molecule has 0 spiro atoms. The molecule has 1 aliphatic rings. The molecule has 1 amide bonds. The summed E-state index contributed by atoms with van der Waals surface area (Å²) in [5.74, 6) is 1.42. The average Bonchev–Trinajstić information content (AvgIpc) is 3.26. The summed E-state index contributed by atoms with van der Waals surface area (Å²) in [7, 11) is 0. The van der Waals surface area contributed by atoms with Crippen molar-refractivity contribution in [2.75, 3.05) is 11.1 Å². The molecule has 0 saturated carbocycles. The number of nitrogens with one attached hydrogen (secondary N) is 1. The standard InChI is InChI=1S/C21H20ClN3O2S/c1-21(2,27-17-8-6-15(22)7-9-17)19(26)23-16-5-3-4-14(12-16)18-13-25-10-11-28-20(25)24-18/h3-9,12-13H,10-11H2,1-2H3,(H,23,26). The molecule has 28 heavy (non-hydrogen) atoms. The molecular weight excluding hydrogens is 394 g/mol. The molecule has 3 aromatic rings. The van der Waals surface area contributed by atoms with E-state index in [1.807, 2.05) is 24.3 Å². The average molecular weight is 414 g/mol. The molecule has 7 heteroatoms. The second-order valence-electron chi connectivity index (χ2n) is 7.05. The summed E-state index contributed by atoms with van der Waals surface area (Å²) in [6.45, 7) is 4.45. The fourth-order valence-corrected chi connectivity index (χ4v) is 4.00. The zero-order valence-electron chi connectivity index (χ0n) is 15.6. The lowest BCUT2D eigenvalue weighted by Gasteiger charge is -2.25. The Bertz CT molecular complexity index is 993. The summed E-state index contributed by atoms with van der Waals surface area (Å²) in [6, 6.07) is 14.6. The van der Waals surface area contributed by atoms with Crippen LogP contribution in [-0.4, -0.2) is 26.8 Å². The molecule has 0 saturated heterocycles. The Kier molecular flexibility index (Phi) is 5.08. The quantitative estimate of drug-likeness (QED) is 0.631. The number of aromatic nitrogens is 2. The van der Waals surface area contributed by atoms with Crippen molar-refractivity contribution in [2.24, 2.45) is 0 Å². The van der Waals surface area contributed by atoms with Gasteiger partial charge in [-0.25, -0.2) is 4.98 Å². The van der Waals surface area contributed by atoms with E-state index in [4.69, 9.17) is 16.3 Å². The molecule has 0 bridgehead atoms. The van der Waals surface area contributed by atoms with Crippen molar-refractivity contribution in [1.82, 2.24) is 9.55 Å². The lowest BCUT2D eigenvalue weighted by atomic mass is 10.1. The highest BCUT2D eigenvalue weighted by atomic mass is 35.5.